The van der Waals surface area contributed by atoms with Crippen molar-refractivity contribution >= 4 is 29.2 Å². The number of amides is 1. The maximum atomic E-state index is 11.6. The van der Waals surface area contributed by atoms with E-state index < -0.39 is 16.8 Å². The SMILES string of the molecule is O=C(CNC(=O)c1ccco1)OCc1ccc([N+](=O)[O-])cc1Cl. The Balaban J connectivity index is 1.82. The number of carbonyl (C=O) groups is 2. The lowest BCUT2D eigenvalue weighted by atomic mass is 10.2. The highest BCUT2D eigenvalue weighted by Crippen LogP contribution is 2.22. The number of nitrogens with zero attached hydrogens (tertiary/aromatic N) is 1. The number of halogens is 1. The molecule has 0 saturated heterocycles. The van der Waals surface area contributed by atoms with Gasteiger partial charge in [-0.2, -0.15) is 0 Å². The maximum Gasteiger partial charge on any atom is 0.325 e. The summed E-state index contributed by atoms with van der Waals surface area (Å²) in [4.78, 5) is 33.1. The smallest absolute Gasteiger partial charge is 0.325 e. The molecule has 0 aliphatic carbocycles. The molecular formula is C14H11ClN2O6. The van der Waals surface area contributed by atoms with E-state index in [9.17, 15) is 19.7 Å². The van der Waals surface area contributed by atoms with E-state index in [1.807, 2.05) is 0 Å². The Morgan fingerprint density at radius 3 is 2.74 bits per heavy atom. The van der Waals surface area contributed by atoms with Crippen molar-refractivity contribution in [2.45, 2.75) is 6.61 Å². The first-order valence-corrected chi connectivity index (χ1v) is 6.75. The summed E-state index contributed by atoms with van der Waals surface area (Å²) in [5.74, 6) is -1.14. The lowest BCUT2D eigenvalue weighted by molar-refractivity contribution is -0.384. The van der Waals surface area contributed by atoms with Crippen molar-refractivity contribution in [3.63, 3.8) is 0 Å². The topological polar surface area (TPSA) is 112 Å². The first-order valence-electron chi connectivity index (χ1n) is 6.37. The second kappa shape index (κ2) is 7.41. The van der Waals surface area contributed by atoms with Crippen LogP contribution in [0.4, 0.5) is 5.69 Å². The molecule has 1 amide bonds. The number of nitrogens with one attached hydrogen (secondary N) is 1. The van der Waals surface area contributed by atoms with Crippen molar-refractivity contribution in [1.82, 2.24) is 5.32 Å². The third-order valence-corrected chi connectivity index (χ3v) is 3.13. The highest BCUT2D eigenvalue weighted by atomic mass is 35.5. The van der Waals surface area contributed by atoms with E-state index in [0.29, 0.717) is 5.56 Å². The molecule has 1 aromatic carbocycles. The molecule has 0 aliphatic rings. The fourth-order valence-electron chi connectivity index (χ4n) is 1.62. The van der Waals surface area contributed by atoms with Gasteiger partial charge in [0.1, 0.15) is 13.2 Å². The Hall–Kier alpha value is -2.87. The van der Waals surface area contributed by atoms with Crippen LogP contribution in [0.5, 0.6) is 0 Å². The number of nitro benzene ring substituents is 1. The standard InChI is InChI=1S/C14H11ClN2O6/c15-11-6-10(17(20)21)4-3-9(11)8-23-13(18)7-16-14(19)12-2-1-5-22-12/h1-6H,7-8H2,(H,16,19). The van der Waals surface area contributed by atoms with Gasteiger partial charge in [-0.05, 0) is 18.2 Å². The third kappa shape index (κ3) is 4.55. The van der Waals surface area contributed by atoms with E-state index in [2.05, 4.69) is 5.32 Å². The van der Waals surface area contributed by atoms with Gasteiger partial charge in [-0.1, -0.05) is 11.6 Å². The molecular weight excluding hydrogens is 328 g/mol. The summed E-state index contributed by atoms with van der Waals surface area (Å²) in [5, 5.41) is 13.0. The van der Waals surface area contributed by atoms with Crippen LogP contribution in [-0.4, -0.2) is 23.3 Å². The summed E-state index contributed by atoms with van der Waals surface area (Å²) in [6, 6.07) is 6.83. The summed E-state index contributed by atoms with van der Waals surface area (Å²) in [6.07, 6.45) is 1.34. The maximum absolute atomic E-state index is 11.6. The zero-order chi connectivity index (χ0) is 16.8. The van der Waals surface area contributed by atoms with Crippen molar-refractivity contribution in [3.05, 3.63) is 63.1 Å². The van der Waals surface area contributed by atoms with Crippen LogP contribution in [-0.2, 0) is 16.1 Å². The van der Waals surface area contributed by atoms with Crippen LogP contribution in [0.1, 0.15) is 16.1 Å². The van der Waals surface area contributed by atoms with Gasteiger partial charge < -0.3 is 14.5 Å². The number of nitro groups is 1. The molecule has 0 spiro atoms. The lowest BCUT2D eigenvalue weighted by Crippen LogP contribution is -2.30. The normalized spacial score (nSPS) is 10.1. The van der Waals surface area contributed by atoms with E-state index in [-0.39, 0.29) is 29.6 Å². The van der Waals surface area contributed by atoms with E-state index >= 15 is 0 Å². The number of furan rings is 1. The monoisotopic (exact) mass is 338 g/mol. The molecule has 0 radical (unpaired) electrons. The van der Waals surface area contributed by atoms with E-state index in [1.165, 1.54) is 30.5 Å². The van der Waals surface area contributed by atoms with Gasteiger partial charge >= 0.3 is 5.97 Å². The predicted molar refractivity (Wildman–Crippen MR) is 78.9 cm³/mol. The van der Waals surface area contributed by atoms with Gasteiger partial charge in [0.2, 0.25) is 0 Å². The van der Waals surface area contributed by atoms with Gasteiger partial charge in [-0.25, -0.2) is 0 Å². The molecule has 0 unspecified atom stereocenters. The van der Waals surface area contributed by atoms with Gasteiger partial charge in [0.15, 0.2) is 5.76 Å². The molecule has 0 saturated carbocycles. The van der Waals surface area contributed by atoms with Crippen molar-refractivity contribution in [2.24, 2.45) is 0 Å². The summed E-state index contributed by atoms with van der Waals surface area (Å²) < 4.78 is 9.80. The molecule has 0 aliphatic heterocycles. The molecule has 1 heterocycles. The zero-order valence-corrected chi connectivity index (χ0v) is 12.4. The number of carbonyl (C=O) groups excluding carboxylic acids is 2. The average Bonchev–Trinajstić information content (AvgIpc) is 3.05. The molecule has 0 bridgehead atoms. The van der Waals surface area contributed by atoms with Gasteiger partial charge in [0.25, 0.3) is 11.6 Å². The number of benzene rings is 1. The Kier molecular flexibility index (Phi) is 5.32. The lowest BCUT2D eigenvalue weighted by Gasteiger charge is -2.07. The number of rotatable bonds is 6. The molecule has 1 N–H and O–H groups in total. The summed E-state index contributed by atoms with van der Waals surface area (Å²) in [6.45, 7) is -0.504. The minimum atomic E-state index is -0.681. The number of hydrogen-bond donors (Lipinski definition) is 1. The van der Waals surface area contributed by atoms with Crippen LogP contribution in [0, 0.1) is 10.1 Å². The highest BCUT2D eigenvalue weighted by molar-refractivity contribution is 6.31. The molecule has 2 aromatic rings. The van der Waals surface area contributed by atoms with Crippen LogP contribution >= 0.6 is 11.6 Å². The zero-order valence-electron chi connectivity index (χ0n) is 11.7. The number of hydrogen-bond acceptors (Lipinski definition) is 6. The number of non-ortho nitro benzene ring substituents is 1. The molecule has 0 fully saturated rings. The van der Waals surface area contributed by atoms with E-state index in [1.54, 1.807) is 6.07 Å². The van der Waals surface area contributed by atoms with Crippen molar-refractivity contribution in [1.29, 1.82) is 0 Å². The van der Waals surface area contributed by atoms with E-state index in [4.69, 9.17) is 20.8 Å². The predicted octanol–water partition coefficient (Wildman–Crippen LogP) is 2.31. The minimum absolute atomic E-state index is 0.0798. The van der Waals surface area contributed by atoms with Gasteiger partial charge in [0.05, 0.1) is 16.2 Å². The molecule has 2 rings (SSSR count). The molecule has 8 nitrogen and oxygen atoms in total. The van der Waals surface area contributed by atoms with Crippen LogP contribution in [0.3, 0.4) is 0 Å². The average molecular weight is 339 g/mol. The van der Waals surface area contributed by atoms with Crippen molar-refractivity contribution < 1.29 is 23.7 Å². The number of esters is 1. The summed E-state index contributed by atoms with van der Waals surface area (Å²) in [7, 11) is 0. The van der Waals surface area contributed by atoms with Gasteiger partial charge in [0, 0.05) is 17.7 Å². The largest absolute Gasteiger partial charge is 0.459 e. The Labute approximate surface area is 135 Å². The third-order valence-electron chi connectivity index (χ3n) is 2.77. The van der Waals surface area contributed by atoms with Crippen LogP contribution in [0.25, 0.3) is 0 Å². The fourth-order valence-corrected chi connectivity index (χ4v) is 1.85. The van der Waals surface area contributed by atoms with Gasteiger partial charge in [-0.15, -0.1) is 0 Å². The Morgan fingerprint density at radius 2 is 2.13 bits per heavy atom. The van der Waals surface area contributed by atoms with Crippen molar-refractivity contribution in [3.8, 4) is 0 Å². The second-order valence-corrected chi connectivity index (χ2v) is 4.76. The van der Waals surface area contributed by atoms with Crippen LogP contribution in [0.2, 0.25) is 5.02 Å². The summed E-state index contributed by atoms with van der Waals surface area (Å²) >= 11 is 5.87. The molecule has 120 valence electrons. The molecule has 0 atom stereocenters. The van der Waals surface area contributed by atoms with Gasteiger partial charge in [-0.3, -0.25) is 19.7 Å². The quantitative estimate of drug-likeness (QED) is 0.491. The van der Waals surface area contributed by atoms with Crippen molar-refractivity contribution in [2.75, 3.05) is 6.54 Å². The molecule has 9 heteroatoms. The summed E-state index contributed by atoms with van der Waals surface area (Å²) in [5.41, 5.74) is 0.263. The van der Waals surface area contributed by atoms with Crippen LogP contribution < -0.4 is 5.32 Å². The minimum Gasteiger partial charge on any atom is -0.459 e. The fraction of sp³-hybridized carbons (Fsp3) is 0.143. The highest BCUT2D eigenvalue weighted by Gasteiger charge is 2.13. The first kappa shape index (κ1) is 16.5. The van der Waals surface area contributed by atoms with Crippen LogP contribution in [0.15, 0.2) is 41.0 Å². The second-order valence-electron chi connectivity index (χ2n) is 4.35. The Bertz CT molecular complexity index is 729. The first-order chi connectivity index (χ1) is 11.0. The molecule has 1 aromatic heterocycles. The van der Waals surface area contributed by atoms with E-state index in [0.717, 1.165) is 0 Å². The molecule has 23 heavy (non-hydrogen) atoms. The number of ether oxygens (including phenoxy) is 1. The Morgan fingerprint density at radius 1 is 1.35 bits per heavy atom.